The number of unbranched alkanes of at least 4 members (excludes halogenated alkanes) is 2. The smallest absolute Gasteiger partial charge is 0.329 e. The second-order valence-electron chi connectivity index (χ2n) is 5.24. The zero-order valence-corrected chi connectivity index (χ0v) is 11.3. The van der Waals surface area contributed by atoms with Crippen molar-refractivity contribution in [3.8, 4) is 0 Å². The lowest BCUT2D eigenvalue weighted by Gasteiger charge is -2.38. The van der Waals surface area contributed by atoms with E-state index >= 15 is 0 Å². The second-order valence-corrected chi connectivity index (χ2v) is 5.24. The molecule has 0 saturated heterocycles. The van der Waals surface area contributed by atoms with Gasteiger partial charge in [0.05, 0.1) is 0 Å². The highest BCUT2D eigenvalue weighted by Gasteiger charge is 2.45. The Hall–Kier alpha value is -1.26. The third kappa shape index (κ3) is 3.89. The van der Waals surface area contributed by atoms with E-state index in [0.29, 0.717) is 12.8 Å². The highest BCUT2D eigenvalue weighted by molar-refractivity contribution is 5.87. The van der Waals surface area contributed by atoms with Gasteiger partial charge in [-0.3, -0.25) is 0 Å². The van der Waals surface area contributed by atoms with Crippen molar-refractivity contribution in [1.29, 1.82) is 0 Å². The van der Waals surface area contributed by atoms with Crippen LogP contribution in [0.5, 0.6) is 0 Å². The van der Waals surface area contributed by atoms with Gasteiger partial charge in [0.25, 0.3) is 0 Å². The van der Waals surface area contributed by atoms with E-state index < -0.39 is 11.5 Å². The van der Waals surface area contributed by atoms with Crippen LogP contribution in [0.1, 0.15) is 58.8 Å². The number of carbonyl (C=O) groups is 2. The van der Waals surface area contributed by atoms with E-state index in [-0.39, 0.29) is 12.1 Å². The summed E-state index contributed by atoms with van der Waals surface area (Å²) >= 11 is 0. The lowest BCUT2D eigenvalue weighted by molar-refractivity contribution is -0.148. The van der Waals surface area contributed by atoms with Crippen LogP contribution >= 0.6 is 0 Å². The summed E-state index contributed by atoms with van der Waals surface area (Å²) in [7, 11) is 0. The van der Waals surface area contributed by atoms with Crippen LogP contribution in [0.3, 0.4) is 0 Å². The number of hydrogen-bond donors (Lipinski definition) is 3. The molecule has 0 aliphatic heterocycles. The molecule has 3 N–H and O–H groups in total. The summed E-state index contributed by atoms with van der Waals surface area (Å²) in [5, 5.41) is 14.5. The predicted molar refractivity (Wildman–Crippen MR) is 69.5 cm³/mol. The molecule has 0 heterocycles. The first kappa shape index (κ1) is 14.8. The summed E-state index contributed by atoms with van der Waals surface area (Å²) in [6.45, 7) is 4.08. The largest absolute Gasteiger partial charge is 0.480 e. The average Bonchev–Trinajstić information content (AvgIpc) is 2.23. The number of carboxylic acids is 1. The van der Waals surface area contributed by atoms with Crippen LogP contribution in [-0.2, 0) is 4.79 Å². The molecule has 5 heteroatoms. The van der Waals surface area contributed by atoms with Crippen LogP contribution < -0.4 is 10.6 Å². The van der Waals surface area contributed by atoms with E-state index in [1.807, 2.05) is 6.92 Å². The fraction of sp³-hybridized carbons (Fsp3) is 0.846. The third-order valence-corrected chi connectivity index (χ3v) is 3.59. The average molecular weight is 256 g/mol. The molecule has 5 nitrogen and oxygen atoms in total. The maximum absolute atomic E-state index is 11.7. The monoisotopic (exact) mass is 256 g/mol. The predicted octanol–water partition coefficient (Wildman–Crippen LogP) is 2.26. The van der Waals surface area contributed by atoms with Gasteiger partial charge >= 0.3 is 12.0 Å². The van der Waals surface area contributed by atoms with E-state index in [4.69, 9.17) is 5.11 Å². The molecular weight excluding hydrogens is 232 g/mol. The van der Waals surface area contributed by atoms with Crippen molar-refractivity contribution in [2.24, 2.45) is 0 Å². The van der Waals surface area contributed by atoms with Gasteiger partial charge in [-0.2, -0.15) is 0 Å². The Kier molecular flexibility index (Phi) is 5.44. The molecule has 18 heavy (non-hydrogen) atoms. The molecular formula is C13H24N2O3. The summed E-state index contributed by atoms with van der Waals surface area (Å²) in [5.74, 6) is -0.928. The van der Waals surface area contributed by atoms with Crippen molar-refractivity contribution in [1.82, 2.24) is 10.6 Å². The fourth-order valence-electron chi connectivity index (χ4n) is 2.17. The summed E-state index contributed by atoms with van der Waals surface area (Å²) in [6, 6.07) is -0.274. The summed E-state index contributed by atoms with van der Waals surface area (Å²) in [6.07, 6.45) is 6.25. The first-order valence-electron chi connectivity index (χ1n) is 6.82. The molecule has 2 amide bonds. The molecule has 0 aromatic heterocycles. The highest BCUT2D eigenvalue weighted by Crippen LogP contribution is 2.31. The molecule has 0 radical (unpaired) electrons. The van der Waals surface area contributed by atoms with Crippen LogP contribution in [0.4, 0.5) is 4.79 Å². The maximum atomic E-state index is 11.7. The van der Waals surface area contributed by atoms with E-state index in [1.165, 1.54) is 0 Å². The molecule has 1 aliphatic carbocycles. The number of carbonyl (C=O) groups excluding carboxylic acids is 1. The van der Waals surface area contributed by atoms with Crippen LogP contribution in [0, 0.1) is 0 Å². The highest BCUT2D eigenvalue weighted by atomic mass is 16.4. The lowest BCUT2D eigenvalue weighted by atomic mass is 9.77. The molecule has 104 valence electrons. The van der Waals surface area contributed by atoms with Crippen LogP contribution in [0.2, 0.25) is 0 Å². The molecule has 0 aromatic carbocycles. The number of rotatable bonds is 7. The van der Waals surface area contributed by atoms with Gasteiger partial charge in [-0.1, -0.05) is 26.2 Å². The lowest BCUT2D eigenvalue weighted by Crippen LogP contribution is -2.61. The zero-order valence-electron chi connectivity index (χ0n) is 11.3. The molecule has 1 atom stereocenters. The van der Waals surface area contributed by atoms with Gasteiger partial charge in [-0.15, -0.1) is 0 Å². The topological polar surface area (TPSA) is 78.4 Å². The minimum Gasteiger partial charge on any atom is -0.480 e. The normalized spacial score (nSPS) is 18.6. The van der Waals surface area contributed by atoms with Crippen molar-refractivity contribution in [2.45, 2.75) is 70.4 Å². The standard InChI is InChI=1S/C13H24N2O3/c1-3-4-5-7-10(2)14-12(18)15-13(11(16)17)8-6-9-13/h10H,3-9H2,1-2H3,(H,16,17)(H2,14,15,18). The summed E-state index contributed by atoms with van der Waals surface area (Å²) in [4.78, 5) is 22.8. The summed E-state index contributed by atoms with van der Waals surface area (Å²) in [5.41, 5.74) is -1.02. The van der Waals surface area contributed by atoms with Gasteiger partial charge in [0.2, 0.25) is 0 Å². The van der Waals surface area contributed by atoms with Crippen LogP contribution in [0.25, 0.3) is 0 Å². The fourth-order valence-corrected chi connectivity index (χ4v) is 2.17. The molecule has 1 unspecified atom stereocenters. The first-order chi connectivity index (χ1) is 8.50. The molecule has 0 bridgehead atoms. The van der Waals surface area contributed by atoms with E-state index in [1.54, 1.807) is 0 Å². The molecule has 0 aromatic rings. The van der Waals surface area contributed by atoms with Crippen molar-refractivity contribution >= 4 is 12.0 Å². The Morgan fingerprint density at radius 2 is 2.00 bits per heavy atom. The van der Waals surface area contributed by atoms with Crippen molar-refractivity contribution in [3.05, 3.63) is 0 Å². The van der Waals surface area contributed by atoms with E-state index in [9.17, 15) is 9.59 Å². The van der Waals surface area contributed by atoms with Crippen molar-refractivity contribution in [3.63, 3.8) is 0 Å². The number of carboxylic acid groups (broad SMARTS) is 1. The number of urea groups is 1. The Balaban J connectivity index is 2.30. The van der Waals surface area contributed by atoms with Gasteiger partial charge in [-0.05, 0) is 32.6 Å². The molecule has 1 fully saturated rings. The Bertz CT molecular complexity index is 301. The SMILES string of the molecule is CCCCCC(C)NC(=O)NC1(C(=O)O)CCC1. The minimum absolute atomic E-state index is 0.0856. The molecule has 1 aliphatic rings. The van der Waals surface area contributed by atoms with E-state index in [2.05, 4.69) is 17.6 Å². The Labute approximate surface area is 108 Å². The van der Waals surface area contributed by atoms with Gasteiger partial charge in [0.15, 0.2) is 0 Å². The Morgan fingerprint density at radius 1 is 1.33 bits per heavy atom. The van der Waals surface area contributed by atoms with E-state index in [0.717, 1.165) is 32.1 Å². The van der Waals surface area contributed by atoms with Gasteiger partial charge < -0.3 is 15.7 Å². The van der Waals surface area contributed by atoms with Crippen LogP contribution in [0.15, 0.2) is 0 Å². The third-order valence-electron chi connectivity index (χ3n) is 3.59. The van der Waals surface area contributed by atoms with Crippen molar-refractivity contribution < 1.29 is 14.7 Å². The molecule has 1 rings (SSSR count). The molecule has 0 spiro atoms. The van der Waals surface area contributed by atoms with Gasteiger partial charge in [0.1, 0.15) is 5.54 Å². The van der Waals surface area contributed by atoms with Crippen LogP contribution in [-0.4, -0.2) is 28.7 Å². The van der Waals surface area contributed by atoms with Gasteiger partial charge in [0, 0.05) is 6.04 Å². The van der Waals surface area contributed by atoms with Crippen molar-refractivity contribution in [2.75, 3.05) is 0 Å². The summed E-state index contributed by atoms with van der Waals surface area (Å²) < 4.78 is 0. The number of nitrogens with one attached hydrogen (secondary N) is 2. The minimum atomic E-state index is -1.02. The maximum Gasteiger partial charge on any atom is 0.329 e. The molecule has 1 saturated carbocycles. The zero-order chi connectivity index (χ0) is 13.6. The number of aliphatic carboxylic acids is 1. The quantitative estimate of drug-likeness (QED) is 0.611. The second kappa shape index (κ2) is 6.61. The first-order valence-corrected chi connectivity index (χ1v) is 6.82. The van der Waals surface area contributed by atoms with Gasteiger partial charge in [-0.25, -0.2) is 9.59 Å². The number of amides is 2. The number of hydrogen-bond acceptors (Lipinski definition) is 2. The Morgan fingerprint density at radius 3 is 2.44 bits per heavy atom.